The van der Waals surface area contributed by atoms with Crippen LogP contribution in [0.15, 0.2) is 21.6 Å². The Balaban J connectivity index is 2.81. The van der Waals surface area contributed by atoms with E-state index in [2.05, 4.69) is 23.0 Å². The van der Waals surface area contributed by atoms with E-state index >= 15 is 0 Å². The van der Waals surface area contributed by atoms with Crippen molar-refractivity contribution >= 4 is 11.9 Å². The third-order valence-electron chi connectivity index (χ3n) is 1.74. The highest BCUT2D eigenvalue weighted by Gasteiger charge is 2.06. The second kappa shape index (κ2) is 4.06. The summed E-state index contributed by atoms with van der Waals surface area (Å²) in [6, 6.07) is 0. The molecule has 0 aromatic heterocycles. The predicted octanol–water partition coefficient (Wildman–Crippen LogP) is 1.87. The summed E-state index contributed by atoms with van der Waals surface area (Å²) in [5.41, 5.74) is 2.41. The summed E-state index contributed by atoms with van der Waals surface area (Å²) in [5, 5.41) is 0. The molecule has 0 atom stereocenters. The molecule has 0 spiro atoms. The molecule has 0 aromatic carbocycles. The zero-order valence-corrected chi connectivity index (χ0v) is 7.17. The fraction of sp³-hybridized carbons (Fsp3) is 0.556. The van der Waals surface area contributed by atoms with Crippen LogP contribution < -0.4 is 0 Å². The van der Waals surface area contributed by atoms with Gasteiger partial charge in [-0.1, -0.05) is 13.0 Å². The Kier molecular flexibility index (Phi) is 3.02. The summed E-state index contributed by atoms with van der Waals surface area (Å²) >= 11 is 0. The number of rotatable bonds is 1. The predicted molar refractivity (Wildman–Crippen MR) is 49.7 cm³/mol. The number of hydrogen-bond acceptors (Lipinski definition) is 2. The first-order valence-corrected chi connectivity index (χ1v) is 4.04. The van der Waals surface area contributed by atoms with E-state index in [0.29, 0.717) is 0 Å². The largest absolute Gasteiger partial charge is 0.292 e. The van der Waals surface area contributed by atoms with E-state index in [1.54, 1.807) is 0 Å². The van der Waals surface area contributed by atoms with Gasteiger partial charge in [0.25, 0.3) is 0 Å². The Labute approximate surface area is 67.8 Å². The average Bonchev–Trinajstić information content (AvgIpc) is 2.06. The van der Waals surface area contributed by atoms with Crippen molar-refractivity contribution in [2.75, 3.05) is 13.6 Å². The van der Waals surface area contributed by atoms with Gasteiger partial charge in [0, 0.05) is 37.5 Å². The molecule has 0 aliphatic carbocycles. The Morgan fingerprint density at radius 1 is 1.73 bits per heavy atom. The first-order valence-electron chi connectivity index (χ1n) is 4.04. The molecule has 0 bridgehead atoms. The maximum absolute atomic E-state index is 4.20. The molecule has 1 rings (SSSR count). The lowest BCUT2D eigenvalue weighted by molar-refractivity contribution is 1.02. The van der Waals surface area contributed by atoms with Gasteiger partial charge >= 0.3 is 0 Å². The number of hydrogen-bond donors (Lipinski definition) is 0. The molecule has 2 nitrogen and oxygen atoms in total. The van der Waals surface area contributed by atoms with Crippen molar-refractivity contribution in [3.05, 3.63) is 11.6 Å². The van der Waals surface area contributed by atoms with E-state index in [-0.39, 0.29) is 0 Å². The molecule has 1 aliphatic heterocycles. The van der Waals surface area contributed by atoms with E-state index in [0.717, 1.165) is 19.4 Å². The summed E-state index contributed by atoms with van der Waals surface area (Å²) in [6.07, 6.45) is 6.15. The summed E-state index contributed by atoms with van der Waals surface area (Å²) in [6.45, 7) is 3.02. The van der Waals surface area contributed by atoms with E-state index in [1.807, 2.05) is 13.3 Å². The Bertz CT molecular complexity index is 212. The third-order valence-corrected chi connectivity index (χ3v) is 1.74. The normalized spacial score (nSPS) is 24.9. The zero-order valence-electron chi connectivity index (χ0n) is 7.17. The lowest BCUT2D eigenvalue weighted by Crippen LogP contribution is -2.11. The molecule has 0 saturated carbocycles. The molecule has 0 saturated heterocycles. The fourth-order valence-electron chi connectivity index (χ4n) is 1.18. The van der Waals surface area contributed by atoms with Gasteiger partial charge in [0.1, 0.15) is 0 Å². The molecule has 11 heavy (non-hydrogen) atoms. The van der Waals surface area contributed by atoms with E-state index in [4.69, 9.17) is 0 Å². The van der Waals surface area contributed by atoms with E-state index < -0.39 is 0 Å². The number of aliphatic imine (C=N–C) groups is 2. The van der Waals surface area contributed by atoms with Crippen molar-refractivity contribution in [2.45, 2.75) is 19.8 Å². The van der Waals surface area contributed by atoms with Crippen LogP contribution in [0.5, 0.6) is 0 Å². The second-order valence-corrected chi connectivity index (χ2v) is 2.52. The van der Waals surface area contributed by atoms with Gasteiger partial charge in [-0.25, -0.2) is 0 Å². The molecule has 1 heterocycles. The van der Waals surface area contributed by atoms with Crippen LogP contribution in [0.2, 0.25) is 0 Å². The molecule has 0 unspecified atom stereocenters. The minimum absolute atomic E-state index is 0.897. The van der Waals surface area contributed by atoms with Crippen molar-refractivity contribution < 1.29 is 0 Å². The lowest BCUT2D eigenvalue weighted by atomic mass is 10.1. The van der Waals surface area contributed by atoms with Crippen LogP contribution in [-0.4, -0.2) is 25.5 Å². The van der Waals surface area contributed by atoms with Crippen LogP contribution >= 0.6 is 0 Å². The van der Waals surface area contributed by atoms with Gasteiger partial charge < -0.3 is 0 Å². The average molecular weight is 150 g/mol. The molecule has 0 N–H and O–H groups in total. The topological polar surface area (TPSA) is 24.7 Å². The van der Waals surface area contributed by atoms with Crippen LogP contribution in [0.3, 0.4) is 0 Å². The van der Waals surface area contributed by atoms with Crippen LogP contribution in [0.25, 0.3) is 0 Å². The van der Waals surface area contributed by atoms with Gasteiger partial charge in [0.2, 0.25) is 0 Å². The summed E-state index contributed by atoms with van der Waals surface area (Å²) in [7, 11) is 1.85. The minimum Gasteiger partial charge on any atom is -0.292 e. The SMILES string of the molecule is CC/C=C1/C=NCCC1=NC. The molecule has 0 fully saturated rings. The maximum atomic E-state index is 4.20. The van der Waals surface area contributed by atoms with Gasteiger partial charge in [-0.05, 0) is 6.42 Å². The zero-order chi connectivity index (χ0) is 8.10. The molecule has 0 radical (unpaired) electrons. The minimum atomic E-state index is 0.897. The molecule has 0 aromatic rings. The van der Waals surface area contributed by atoms with E-state index in [9.17, 15) is 0 Å². The van der Waals surface area contributed by atoms with Crippen LogP contribution in [-0.2, 0) is 0 Å². The third kappa shape index (κ3) is 2.00. The van der Waals surface area contributed by atoms with Gasteiger partial charge in [-0.3, -0.25) is 9.98 Å². The highest BCUT2D eigenvalue weighted by atomic mass is 14.8. The molecule has 2 heteroatoms. The van der Waals surface area contributed by atoms with Gasteiger partial charge in [0.05, 0.1) is 0 Å². The summed E-state index contributed by atoms with van der Waals surface area (Å²) < 4.78 is 0. The monoisotopic (exact) mass is 150 g/mol. The molecular formula is C9H14N2. The summed E-state index contributed by atoms with van der Waals surface area (Å²) in [5.74, 6) is 0. The van der Waals surface area contributed by atoms with Gasteiger partial charge in [-0.15, -0.1) is 0 Å². The highest BCUT2D eigenvalue weighted by Crippen LogP contribution is 2.06. The van der Waals surface area contributed by atoms with Crippen LogP contribution in [0.4, 0.5) is 0 Å². The molecule has 1 aliphatic rings. The van der Waals surface area contributed by atoms with Crippen molar-refractivity contribution in [1.29, 1.82) is 0 Å². The maximum Gasteiger partial charge on any atom is 0.0447 e. The quantitative estimate of drug-likeness (QED) is 0.545. The van der Waals surface area contributed by atoms with Crippen molar-refractivity contribution in [3.8, 4) is 0 Å². The molecular weight excluding hydrogens is 136 g/mol. The smallest absolute Gasteiger partial charge is 0.0447 e. The van der Waals surface area contributed by atoms with Crippen molar-refractivity contribution in [2.24, 2.45) is 9.98 Å². The Morgan fingerprint density at radius 2 is 2.55 bits per heavy atom. The Morgan fingerprint density at radius 3 is 3.18 bits per heavy atom. The van der Waals surface area contributed by atoms with Crippen LogP contribution in [0.1, 0.15) is 19.8 Å². The Hall–Kier alpha value is -0.920. The molecule has 0 amide bonds. The first-order chi connectivity index (χ1) is 5.38. The highest BCUT2D eigenvalue weighted by molar-refractivity contribution is 6.17. The standard InChI is InChI=1S/C9H14N2/c1-3-4-8-7-11-6-5-9(8)10-2/h4,7H,3,5-6H2,1-2H3/b8-4-,10-9?. The van der Waals surface area contributed by atoms with Crippen molar-refractivity contribution in [3.63, 3.8) is 0 Å². The van der Waals surface area contributed by atoms with Crippen molar-refractivity contribution in [1.82, 2.24) is 0 Å². The second-order valence-electron chi connectivity index (χ2n) is 2.52. The number of nitrogens with zero attached hydrogens (tertiary/aromatic N) is 2. The lowest BCUT2D eigenvalue weighted by Gasteiger charge is -2.09. The molecule has 60 valence electrons. The summed E-state index contributed by atoms with van der Waals surface area (Å²) in [4.78, 5) is 8.41. The van der Waals surface area contributed by atoms with E-state index in [1.165, 1.54) is 11.3 Å². The van der Waals surface area contributed by atoms with Gasteiger partial charge in [0.15, 0.2) is 0 Å². The first kappa shape index (κ1) is 8.18. The van der Waals surface area contributed by atoms with Gasteiger partial charge in [-0.2, -0.15) is 0 Å². The van der Waals surface area contributed by atoms with Crippen LogP contribution in [0, 0.1) is 0 Å². The number of allylic oxidation sites excluding steroid dienone is 2. The fourth-order valence-corrected chi connectivity index (χ4v) is 1.18.